The van der Waals surface area contributed by atoms with E-state index < -0.39 is 12.0 Å². The molecule has 0 radical (unpaired) electrons. The summed E-state index contributed by atoms with van der Waals surface area (Å²) in [6, 6.07) is 8.04. The highest BCUT2D eigenvalue weighted by molar-refractivity contribution is 5.26. The van der Waals surface area contributed by atoms with E-state index in [1.54, 1.807) is 0 Å². The van der Waals surface area contributed by atoms with E-state index in [0.717, 1.165) is 18.7 Å². The van der Waals surface area contributed by atoms with Gasteiger partial charge < -0.3 is 0 Å². The Morgan fingerprint density at radius 3 is 2.73 bits per heavy atom. The maximum atomic E-state index is 12.7. The van der Waals surface area contributed by atoms with Gasteiger partial charge in [0.15, 0.2) is 0 Å². The van der Waals surface area contributed by atoms with Crippen molar-refractivity contribution in [2.75, 3.05) is 6.54 Å². The maximum absolute atomic E-state index is 12.7. The second-order valence-electron chi connectivity index (χ2n) is 5.55. The van der Waals surface area contributed by atoms with E-state index in [9.17, 15) is 13.2 Å². The van der Waals surface area contributed by atoms with E-state index in [0.29, 0.717) is 18.7 Å². The van der Waals surface area contributed by atoms with Gasteiger partial charge in [-0.3, -0.25) is 4.90 Å². The summed E-state index contributed by atoms with van der Waals surface area (Å²) in [6.07, 6.45) is -2.50. The molecule has 0 bridgehead atoms. The molecule has 116 valence electrons. The zero-order valence-electron chi connectivity index (χ0n) is 12.2. The van der Waals surface area contributed by atoms with Crippen LogP contribution in [-0.4, -0.2) is 21.4 Å². The van der Waals surface area contributed by atoms with Crippen LogP contribution in [-0.2, 0) is 25.7 Å². The third-order valence-corrected chi connectivity index (χ3v) is 3.93. The first-order chi connectivity index (χ1) is 10.4. The smallest absolute Gasteiger partial charge is 0.293 e. The Kier molecular flexibility index (Phi) is 3.87. The van der Waals surface area contributed by atoms with E-state index in [-0.39, 0.29) is 0 Å². The van der Waals surface area contributed by atoms with Gasteiger partial charge in [-0.25, -0.2) is 9.97 Å². The Morgan fingerprint density at radius 1 is 1.23 bits per heavy atom. The minimum atomic E-state index is -4.49. The maximum Gasteiger partial charge on any atom is 0.451 e. The summed E-state index contributed by atoms with van der Waals surface area (Å²) < 4.78 is 38.1. The SMILES string of the molecule is Cc1ccccc1CN1CCc2cnc(C(F)(F)F)nc2C1. The third kappa shape index (κ3) is 3.11. The summed E-state index contributed by atoms with van der Waals surface area (Å²) in [6.45, 7) is 3.99. The minimum Gasteiger partial charge on any atom is -0.293 e. The summed E-state index contributed by atoms with van der Waals surface area (Å²) in [5.74, 6) is -1.05. The molecular weight excluding hydrogens is 291 g/mol. The molecule has 1 aliphatic rings. The Bertz CT molecular complexity index is 683. The quantitative estimate of drug-likeness (QED) is 0.852. The molecule has 0 saturated carbocycles. The summed E-state index contributed by atoms with van der Waals surface area (Å²) in [5, 5.41) is 0. The monoisotopic (exact) mass is 307 g/mol. The largest absolute Gasteiger partial charge is 0.451 e. The molecule has 0 atom stereocenters. The first-order valence-electron chi connectivity index (χ1n) is 7.12. The van der Waals surface area contributed by atoms with Crippen LogP contribution in [0, 0.1) is 6.92 Å². The number of aromatic nitrogens is 2. The molecule has 3 rings (SSSR count). The number of aryl methyl sites for hydroxylation is 1. The molecule has 1 aliphatic heterocycles. The Balaban J connectivity index is 1.79. The van der Waals surface area contributed by atoms with Crippen LogP contribution in [0.4, 0.5) is 13.2 Å². The zero-order valence-corrected chi connectivity index (χ0v) is 12.2. The standard InChI is InChI=1S/C16H16F3N3/c1-11-4-2-3-5-13(11)9-22-7-6-12-8-20-15(16(17,18)19)21-14(12)10-22/h2-5,8H,6-7,9-10H2,1H3. The molecule has 0 amide bonds. The number of rotatable bonds is 2. The molecule has 0 spiro atoms. The topological polar surface area (TPSA) is 29.0 Å². The molecule has 6 heteroatoms. The van der Waals surface area contributed by atoms with Crippen molar-refractivity contribution in [3.8, 4) is 0 Å². The lowest BCUT2D eigenvalue weighted by Crippen LogP contribution is -2.32. The number of hydrogen-bond acceptors (Lipinski definition) is 3. The van der Waals surface area contributed by atoms with Gasteiger partial charge in [-0.15, -0.1) is 0 Å². The number of alkyl halides is 3. The number of hydrogen-bond donors (Lipinski definition) is 0. The molecule has 1 aromatic carbocycles. The van der Waals surface area contributed by atoms with Gasteiger partial charge in [-0.1, -0.05) is 24.3 Å². The van der Waals surface area contributed by atoms with Crippen molar-refractivity contribution in [3.05, 3.63) is 58.7 Å². The summed E-state index contributed by atoms with van der Waals surface area (Å²) in [4.78, 5) is 9.28. The average molecular weight is 307 g/mol. The summed E-state index contributed by atoms with van der Waals surface area (Å²) in [5.41, 5.74) is 3.68. The summed E-state index contributed by atoms with van der Waals surface area (Å²) >= 11 is 0. The third-order valence-electron chi connectivity index (χ3n) is 3.93. The molecule has 0 saturated heterocycles. The van der Waals surface area contributed by atoms with Crippen LogP contribution in [0.15, 0.2) is 30.5 Å². The van der Waals surface area contributed by atoms with Crippen molar-refractivity contribution >= 4 is 0 Å². The van der Waals surface area contributed by atoms with Gasteiger partial charge >= 0.3 is 6.18 Å². The molecule has 0 fully saturated rings. The van der Waals surface area contributed by atoms with Gasteiger partial charge in [0.05, 0.1) is 5.69 Å². The van der Waals surface area contributed by atoms with Crippen LogP contribution in [0.3, 0.4) is 0 Å². The molecule has 0 aliphatic carbocycles. The number of benzene rings is 1. The van der Waals surface area contributed by atoms with E-state index in [2.05, 4.69) is 14.9 Å². The van der Waals surface area contributed by atoms with Gasteiger partial charge in [0.1, 0.15) is 0 Å². The Hall–Kier alpha value is -1.95. The van der Waals surface area contributed by atoms with Crippen molar-refractivity contribution in [3.63, 3.8) is 0 Å². The number of nitrogens with zero attached hydrogens (tertiary/aromatic N) is 3. The van der Waals surface area contributed by atoms with Crippen LogP contribution in [0.5, 0.6) is 0 Å². The fourth-order valence-corrected chi connectivity index (χ4v) is 2.66. The van der Waals surface area contributed by atoms with Crippen molar-refractivity contribution in [2.45, 2.75) is 32.6 Å². The van der Waals surface area contributed by atoms with Gasteiger partial charge in [-0.2, -0.15) is 13.2 Å². The highest BCUT2D eigenvalue weighted by Crippen LogP contribution is 2.28. The molecular formula is C16H16F3N3. The lowest BCUT2D eigenvalue weighted by Gasteiger charge is -2.28. The van der Waals surface area contributed by atoms with E-state index in [1.807, 2.05) is 31.2 Å². The molecule has 0 unspecified atom stereocenters. The second kappa shape index (κ2) is 5.68. The van der Waals surface area contributed by atoms with Crippen molar-refractivity contribution in [2.24, 2.45) is 0 Å². The Morgan fingerprint density at radius 2 is 2.00 bits per heavy atom. The van der Waals surface area contributed by atoms with E-state index in [1.165, 1.54) is 17.3 Å². The molecule has 2 heterocycles. The van der Waals surface area contributed by atoms with Crippen molar-refractivity contribution in [1.29, 1.82) is 0 Å². The van der Waals surface area contributed by atoms with E-state index in [4.69, 9.17) is 0 Å². The summed E-state index contributed by atoms with van der Waals surface area (Å²) in [7, 11) is 0. The highest BCUT2D eigenvalue weighted by Gasteiger charge is 2.35. The highest BCUT2D eigenvalue weighted by atomic mass is 19.4. The van der Waals surface area contributed by atoms with Crippen LogP contribution in [0.25, 0.3) is 0 Å². The van der Waals surface area contributed by atoms with E-state index >= 15 is 0 Å². The van der Waals surface area contributed by atoms with Gasteiger partial charge in [0.25, 0.3) is 0 Å². The zero-order chi connectivity index (χ0) is 15.7. The fraction of sp³-hybridized carbons (Fsp3) is 0.375. The van der Waals surface area contributed by atoms with Crippen molar-refractivity contribution in [1.82, 2.24) is 14.9 Å². The minimum absolute atomic E-state index is 0.426. The number of halogens is 3. The van der Waals surface area contributed by atoms with Crippen LogP contribution < -0.4 is 0 Å². The predicted octanol–water partition coefficient (Wildman–Crippen LogP) is 3.36. The fourth-order valence-electron chi connectivity index (χ4n) is 2.66. The first kappa shape index (κ1) is 15.0. The number of fused-ring (bicyclic) bond motifs is 1. The Labute approximate surface area is 126 Å². The lowest BCUT2D eigenvalue weighted by atomic mass is 10.0. The lowest BCUT2D eigenvalue weighted by molar-refractivity contribution is -0.145. The van der Waals surface area contributed by atoms with Crippen LogP contribution in [0.1, 0.15) is 28.2 Å². The molecule has 3 nitrogen and oxygen atoms in total. The van der Waals surface area contributed by atoms with Crippen LogP contribution >= 0.6 is 0 Å². The molecule has 22 heavy (non-hydrogen) atoms. The van der Waals surface area contributed by atoms with Gasteiger partial charge in [0, 0.05) is 25.8 Å². The molecule has 0 N–H and O–H groups in total. The van der Waals surface area contributed by atoms with Crippen molar-refractivity contribution < 1.29 is 13.2 Å². The average Bonchev–Trinajstić information content (AvgIpc) is 2.48. The van der Waals surface area contributed by atoms with Gasteiger partial charge in [-0.05, 0) is 30.0 Å². The normalized spacial score (nSPS) is 15.6. The first-order valence-corrected chi connectivity index (χ1v) is 7.12. The second-order valence-corrected chi connectivity index (χ2v) is 5.55. The molecule has 1 aromatic heterocycles. The van der Waals surface area contributed by atoms with Crippen LogP contribution in [0.2, 0.25) is 0 Å². The predicted molar refractivity (Wildman–Crippen MR) is 76.0 cm³/mol. The van der Waals surface area contributed by atoms with Gasteiger partial charge in [0.2, 0.25) is 5.82 Å². The molecule has 2 aromatic rings.